The first-order valence-electron chi connectivity index (χ1n) is 5.52. The number of rotatable bonds is 4. The summed E-state index contributed by atoms with van der Waals surface area (Å²) in [5.74, 6) is -0.387. The molecule has 1 saturated heterocycles. The molecule has 0 aromatic heterocycles. The highest BCUT2D eigenvalue weighted by Gasteiger charge is 2.35. The van der Waals surface area contributed by atoms with Gasteiger partial charge in [-0.25, -0.2) is 4.79 Å². The largest absolute Gasteiger partial charge is 0.464 e. The highest BCUT2D eigenvalue weighted by molar-refractivity contribution is 5.68. The van der Waals surface area contributed by atoms with Crippen molar-refractivity contribution >= 4 is 12.1 Å². The Morgan fingerprint density at radius 1 is 1.47 bits per heavy atom. The zero-order valence-electron chi connectivity index (χ0n) is 10.6. The molecule has 6 nitrogen and oxygen atoms in total. The van der Waals surface area contributed by atoms with Crippen molar-refractivity contribution in [2.75, 3.05) is 13.2 Å². The summed E-state index contributed by atoms with van der Waals surface area (Å²) in [6.45, 7) is 7.31. The van der Waals surface area contributed by atoms with Crippen molar-refractivity contribution < 1.29 is 23.8 Å². The van der Waals surface area contributed by atoms with Crippen LogP contribution in [0.4, 0.5) is 4.79 Å². The summed E-state index contributed by atoms with van der Waals surface area (Å²) in [4.78, 5) is 22.2. The Balaban J connectivity index is 2.38. The van der Waals surface area contributed by atoms with Crippen LogP contribution in [0.15, 0.2) is 0 Å². The number of hydrogen-bond acceptors (Lipinski definition) is 5. The molecule has 2 atom stereocenters. The molecule has 0 spiro atoms. The van der Waals surface area contributed by atoms with E-state index >= 15 is 0 Å². The molecule has 1 heterocycles. The van der Waals surface area contributed by atoms with Gasteiger partial charge in [0.2, 0.25) is 0 Å². The summed E-state index contributed by atoms with van der Waals surface area (Å²) in [6.07, 6.45) is -0.632. The van der Waals surface area contributed by atoms with Crippen LogP contribution in [-0.2, 0) is 19.0 Å². The molecular formula is C11H19NO5. The van der Waals surface area contributed by atoms with Gasteiger partial charge in [0.05, 0.1) is 12.6 Å². The van der Waals surface area contributed by atoms with Crippen LogP contribution in [0.5, 0.6) is 0 Å². The van der Waals surface area contributed by atoms with Crippen molar-refractivity contribution in [3.8, 4) is 0 Å². The lowest BCUT2D eigenvalue weighted by molar-refractivity contribution is -0.141. The fraction of sp³-hybridized carbons (Fsp3) is 0.818. The van der Waals surface area contributed by atoms with Crippen molar-refractivity contribution in [2.45, 2.75) is 45.4 Å². The van der Waals surface area contributed by atoms with Gasteiger partial charge in [0.15, 0.2) is 0 Å². The molecule has 0 aliphatic carbocycles. The standard InChI is InChI=1S/C11H19NO5/c1-7(13)15-5-8(9-6-16-9)12-10(14)17-11(2,3)4/h8-9H,5-6H2,1-4H3,(H,12,14). The van der Waals surface area contributed by atoms with Crippen LogP contribution < -0.4 is 5.32 Å². The van der Waals surface area contributed by atoms with E-state index in [1.807, 2.05) is 0 Å². The molecule has 0 bridgehead atoms. The first kappa shape index (κ1) is 13.8. The van der Waals surface area contributed by atoms with E-state index in [0.29, 0.717) is 6.61 Å². The maximum Gasteiger partial charge on any atom is 0.408 e. The van der Waals surface area contributed by atoms with Crippen molar-refractivity contribution in [3.63, 3.8) is 0 Å². The number of ether oxygens (including phenoxy) is 3. The van der Waals surface area contributed by atoms with Gasteiger partial charge < -0.3 is 19.5 Å². The number of esters is 1. The second-order valence-corrected chi connectivity index (χ2v) is 4.93. The minimum Gasteiger partial charge on any atom is -0.464 e. The molecule has 6 heteroatoms. The smallest absolute Gasteiger partial charge is 0.408 e. The molecule has 0 aromatic carbocycles. The van der Waals surface area contributed by atoms with Gasteiger partial charge in [-0.1, -0.05) is 0 Å². The topological polar surface area (TPSA) is 77.2 Å². The molecule has 0 saturated carbocycles. The van der Waals surface area contributed by atoms with E-state index in [-0.39, 0.29) is 24.7 Å². The number of carbonyl (C=O) groups excluding carboxylic acids is 2. The van der Waals surface area contributed by atoms with Gasteiger partial charge in [-0.05, 0) is 20.8 Å². The van der Waals surface area contributed by atoms with Gasteiger partial charge in [-0.15, -0.1) is 0 Å². The van der Waals surface area contributed by atoms with E-state index in [2.05, 4.69) is 5.32 Å². The highest BCUT2D eigenvalue weighted by Crippen LogP contribution is 2.15. The monoisotopic (exact) mass is 245 g/mol. The van der Waals surface area contributed by atoms with Gasteiger partial charge in [-0.2, -0.15) is 0 Å². The van der Waals surface area contributed by atoms with Crippen LogP contribution >= 0.6 is 0 Å². The molecule has 1 rings (SSSR count). The SMILES string of the molecule is CC(=O)OCC(NC(=O)OC(C)(C)C)C1CO1. The molecule has 0 radical (unpaired) electrons. The molecule has 1 N–H and O–H groups in total. The lowest BCUT2D eigenvalue weighted by Crippen LogP contribution is -2.44. The summed E-state index contributed by atoms with van der Waals surface area (Å²) < 4.78 is 15.0. The number of epoxide rings is 1. The van der Waals surface area contributed by atoms with Gasteiger partial charge in [0.25, 0.3) is 0 Å². The third kappa shape index (κ3) is 6.11. The van der Waals surface area contributed by atoms with Crippen molar-refractivity contribution in [1.82, 2.24) is 5.32 Å². The predicted molar refractivity (Wildman–Crippen MR) is 59.5 cm³/mol. The number of nitrogens with one attached hydrogen (secondary N) is 1. The maximum atomic E-state index is 11.5. The van der Waals surface area contributed by atoms with Crippen LogP contribution in [0, 0.1) is 0 Å². The normalized spacial score (nSPS) is 20.4. The Morgan fingerprint density at radius 2 is 2.06 bits per heavy atom. The molecule has 1 aliphatic heterocycles. The van der Waals surface area contributed by atoms with Crippen molar-refractivity contribution in [1.29, 1.82) is 0 Å². The van der Waals surface area contributed by atoms with E-state index in [0.717, 1.165) is 0 Å². The third-order valence-electron chi connectivity index (χ3n) is 1.98. The number of alkyl carbamates (subject to hydrolysis) is 1. The first-order chi connectivity index (χ1) is 7.78. The quantitative estimate of drug-likeness (QED) is 0.586. The van der Waals surface area contributed by atoms with E-state index in [9.17, 15) is 9.59 Å². The fourth-order valence-electron chi connectivity index (χ4n) is 1.20. The van der Waals surface area contributed by atoms with Gasteiger partial charge >= 0.3 is 12.1 Å². The first-order valence-corrected chi connectivity index (χ1v) is 5.52. The Morgan fingerprint density at radius 3 is 2.47 bits per heavy atom. The molecule has 2 unspecified atom stereocenters. The van der Waals surface area contributed by atoms with Crippen LogP contribution in [0.2, 0.25) is 0 Å². The third-order valence-corrected chi connectivity index (χ3v) is 1.98. The number of amides is 1. The van der Waals surface area contributed by atoms with Crippen LogP contribution in [-0.4, -0.2) is 43.0 Å². The average molecular weight is 245 g/mol. The van der Waals surface area contributed by atoms with Gasteiger partial charge in [0, 0.05) is 6.92 Å². The fourth-order valence-corrected chi connectivity index (χ4v) is 1.20. The summed E-state index contributed by atoms with van der Waals surface area (Å²) in [5, 5.41) is 2.63. The second kappa shape index (κ2) is 5.35. The summed E-state index contributed by atoms with van der Waals surface area (Å²) in [6, 6.07) is -0.353. The van der Waals surface area contributed by atoms with Crippen LogP contribution in [0.3, 0.4) is 0 Å². The lowest BCUT2D eigenvalue weighted by atomic mass is 10.2. The highest BCUT2D eigenvalue weighted by atomic mass is 16.6. The molecule has 1 fully saturated rings. The predicted octanol–water partition coefficient (Wildman–Crippen LogP) is 0.842. The van der Waals surface area contributed by atoms with E-state index in [1.165, 1.54) is 6.92 Å². The zero-order chi connectivity index (χ0) is 13.1. The molecule has 1 aliphatic rings. The average Bonchev–Trinajstić information content (AvgIpc) is 2.91. The molecule has 98 valence electrons. The molecule has 17 heavy (non-hydrogen) atoms. The van der Waals surface area contributed by atoms with Gasteiger partial charge in [-0.3, -0.25) is 4.79 Å². The van der Waals surface area contributed by atoms with E-state index < -0.39 is 11.7 Å². The molecule has 1 amide bonds. The number of hydrogen-bond donors (Lipinski definition) is 1. The Kier molecular flexibility index (Phi) is 4.34. The van der Waals surface area contributed by atoms with Crippen molar-refractivity contribution in [3.05, 3.63) is 0 Å². The second-order valence-electron chi connectivity index (χ2n) is 4.93. The van der Waals surface area contributed by atoms with E-state index in [1.54, 1.807) is 20.8 Å². The van der Waals surface area contributed by atoms with Crippen LogP contribution in [0.25, 0.3) is 0 Å². The summed E-state index contributed by atoms with van der Waals surface area (Å²) >= 11 is 0. The molecular weight excluding hydrogens is 226 g/mol. The Bertz CT molecular complexity index is 293. The van der Waals surface area contributed by atoms with E-state index in [4.69, 9.17) is 14.2 Å². The zero-order valence-corrected chi connectivity index (χ0v) is 10.6. The maximum absolute atomic E-state index is 11.5. The lowest BCUT2D eigenvalue weighted by Gasteiger charge is -2.22. The Labute approximate surface area is 101 Å². The minimum atomic E-state index is -0.555. The van der Waals surface area contributed by atoms with Crippen LogP contribution in [0.1, 0.15) is 27.7 Å². The number of carbonyl (C=O) groups is 2. The van der Waals surface area contributed by atoms with Crippen molar-refractivity contribution in [2.24, 2.45) is 0 Å². The van der Waals surface area contributed by atoms with Gasteiger partial charge in [0.1, 0.15) is 18.3 Å². The minimum absolute atomic E-state index is 0.0955. The Hall–Kier alpha value is -1.30. The summed E-state index contributed by atoms with van der Waals surface area (Å²) in [5.41, 5.74) is -0.555. The molecule has 0 aromatic rings. The summed E-state index contributed by atoms with van der Waals surface area (Å²) in [7, 11) is 0.